The minimum absolute atomic E-state index is 0.0382. The molecule has 0 spiro atoms. The van der Waals surface area contributed by atoms with Crippen LogP contribution < -0.4 is 20.3 Å². The largest absolute Gasteiger partial charge is 0.472 e. The molecule has 3 rings (SSSR count). The number of carbonyl (C=O) groups excluding carboxylic acids is 1. The molecule has 0 bridgehead atoms. The standard InChI is InChI=1S/C19H23ClN4O3/c1-24(2)17-4-3-14(20)10-16(17)23-19(25)22-11-13-5-7-21-18(9-13)27-15-6-8-26-12-15/h3-5,7,9-10,15H,6,8,11-12H2,1-2H3,(H2,22,23,25)/t15-/m0/s1. The van der Waals surface area contributed by atoms with Crippen LogP contribution in [0.4, 0.5) is 16.2 Å². The van der Waals surface area contributed by atoms with Crippen molar-refractivity contribution in [3.8, 4) is 5.88 Å². The van der Waals surface area contributed by atoms with E-state index < -0.39 is 0 Å². The second-order valence-corrected chi connectivity index (χ2v) is 6.91. The van der Waals surface area contributed by atoms with Crippen LogP contribution in [-0.4, -0.2) is 44.4 Å². The van der Waals surface area contributed by atoms with Gasteiger partial charge in [0.1, 0.15) is 6.10 Å². The number of ether oxygens (including phenoxy) is 2. The Hall–Kier alpha value is -2.51. The summed E-state index contributed by atoms with van der Waals surface area (Å²) in [6.07, 6.45) is 2.57. The molecule has 144 valence electrons. The Morgan fingerprint density at radius 2 is 2.22 bits per heavy atom. The number of amides is 2. The minimum Gasteiger partial charge on any atom is -0.472 e. The van der Waals surface area contributed by atoms with E-state index in [9.17, 15) is 4.79 Å². The molecule has 1 atom stereocenters. The molecule has 2 aromatic rings. The molecule has 1 aliphatic heterocycles. The van der Waals surface area contributed by atoms with E-state index in [0.29, 0.717) is 36.3 Å². The molecule has 0 radical (unpaired) electrons. The van der Waals surface area contributed by atoms with E-state index in [1.165, 1.54) is 0 Å². The highest BCUT2D eigenvalue weighted by atomic mass is 35.5. The Balaban J connectivity index is 1.57. The Morgan fingerprint density at radius 1 is 1.37 bits per heavy atom. The average Bonchev–Trinajstić information content (AvgIpc) is 3.13. The predicted molar refractivity (Wildman–Crippen MR) is 106 cm³/mol. The molecule has 0 aliphatic carbocycles. The first-order valence-corrected chi connectivity index (χ1v) is 9.10. The first-order valence-electron chi connectivity index (χ1n) is 8.72. The normalized spacial score (nSPS) is 16.0. The zero-order valence-corrected chi connectivity index (χ0v) is 16.1. The number of urea groups is 1. The molecule has 8 heteroatoms. The first-order chi connectivity index (χ1) is 13.0. The van der Waals surface area contributed by atoms with E-state index in [1.807, 2.05) is 37.2 Å². The van der Waals surface area contributed by atoms with Crippen LogP contribution in [0.25, 0.3) is 0 Å². The third-order valence-corrected chi connectivity index (χ3v) is 4.35. The van der Waals surface area contributed by atoms with Crippen molar-refractivity contribution in [1.29, 1.82) is 0 Å². The van der Waals surface area contributed by atoms with Crippen LogP contribution in [0.1, 0.15) is 12.0 Å². The first kappa shape index (κ1) is 19.3. The highest BCUT2D eigenvalue weighted by Gasteiger charge is 2.17. The van der Waals surface area contributed by atoms with Crippen molar-refractivity contribution in [3.63, 3.8) is 0 Å². The fourth-order valence-corrected chi connectivity index (χ4v) is 2.92. The van der Waals surface area contributed by atoms with Gasteiger partial charge in [0, 0.05) is 44.3 Å². The number of carbonyl (C=O) groups is 1. The number of hydrogen-bond acceptors (Lipinski definition) is 5. The summed E-state index contributed by atoms with van der Waals surface area (Å²) >= 11 is 6.05. The third kappa shape index (κ3) is 5.48. The van der Waals surface area contributed by atoms with Gasteiger partial charge in [-0.3, -0.25) is 0 Å². The van der Waals surface area contributed by atoms with Crippen LogP contribution in [-0.2, 0) is 11.3 Å². The van der Waals surface area contributed by atoms with Gasteiger partial charge in [-0.15, -0.1) is 0 Å². The van der Waals surface area contributed by atoms with Crippen molar-refractivity contribution in [2.45, 2.75) is 19.1 Å². The quantitative estimate of drug-likeness (QED) is 0.791. The number of rotatable bonds is 6. The molecule has 0 saturated carbocycles. The molecule has 27 heavy (non-hydrogen) atoms. The van der Waals surface area contributed by atoms with Gasteiger partial charge in [0.15, 0.2) is 0 Å². The minimum atomic E-state index is -0.316. The zero-order chi connectivity index (χ0) is 19.2. The SMILES string of the molecule is CN(C)c1ccc(Cl)cc1NC(=O)NCc1ccnc(O[C@H]2CCOC2)c1. The third-order valence-electron chi connectivity index (χ3n) is 4.12. The van der Waals surface area contributed by atoms with Gasteiger partial charge < -0.3 is 25.0 Å². The van der Waals surface area contributed by atoms with Crippen LogP contribution in [0, 0.1) is 0 Å². The lowest BCUT2D eigenvalue weighted by molar-refractivity contribution is 0.138. The van der Waals surface area contributed by atoms with Crippen LogP contribution in [0.5, 0.6) is 5.88 Å². The van der Waals surface area contributed by atoms with E-state index in [1.54, 1.807) is 18.3 Å². The number of anilines is 2. The molecule has 1 aliphatic rings. The van der Waals surface area contributed by atoms with E-state index in [2.05, 4.69) is 15.6 Å². The van der Waals surface area contributed by atoms with Crippen molar-refractivity contribution in [3.05, 3.63) is 47.1 Å². The average molecular weight is 391 g/mol. The number of nitrogens with one attached hydrogen (secondary N) is 2. The molecule has 0 unspecified atom stereocenters. The summed E-state index contributed by atoms with van der Waals surface area (Å²) in [5.74, 6) is 0.537. The van der Waals surface area contributed by atoms with E-state index in [0.717, 1.165) is 17.7 Å². The summed E-state index contributed by atoms with van der Waals surface area (Å²) < 4.78 is 11.1. The highest BCUT2D eigenvalue weighted by Crippen LogP contribution is 2.27. The molecule has 1 fully saturated rings. The fraction of sp³-hybridized carbons (Fsp3) is 0.368. The molecule has 1 aromatic carbocycles. The van der Waals surface area contributed by atoms with Crippen molar-refractivity contribution >= 4 is 29.0 Å². The maximum absolute atomic E-state index is 12.3. The van der Waals surface area contributed by atoms with Crippen molar-refractivity contribution in [2.75, 3.05) is 37.5 Å². The van der Waals surface area contributed by atoms with Crippen LogP contribution >= 0.6 is 11.6 Å². The molecule has 1 saturated heterocycles. The maximum atomic E-state index is 12.3. The molecular formula is C19H23ClN4O3. The van der Waals surface area contributed by atoms with Gasteiger partial charge in [-0.2, -0.15) is 0 Å². The van der Waals surface area contributed by atoms with Crippen molar-refractivity contribution in [1.82, 2.24) is 10.3 Å². The molecule has 2 heterocycles. The van der Waals surface area contributed by atoms with Gasteiger partial charge in [0.2, 0.25) is 5.88 Å². The van der Waals surface area contributed by atoms with Gasteiger partial charge in [0.25, 0.3) is 0 Å². The summed E-state index contributed by atoms with van der Waals surface area (Å²) in [4.78, 5) is 18.4. The molecule has 7 nitrogen and oxygen atoms in total. The van der Waals surface area contributed by atoms with Gasteiger partial charge >= 0.3 is 6.03 Å². The van der Waals surface area contributed by atoms with Gasteiger partial charge in [0.05, 0.1) is 24.6 Å². The van der Waals surface area contributed by atoms with Crippen LogP contribution in [0.2, 0.25) is 5.02 Å². The van der Waals surface area contributed by atoms with Crippen molar-refractivity contribution < 1.29 is 14.3 Å². The zero-order valence-electron chi connectivity index (χ0n) is 15.4. The highest BCUT2D eigenvalue weighted by molar-refractivity contribution is 6.31. The smallest absolute Gasteiger partial charge is 0.319 e. The molecule has 1 aromatic heterocycles. The van der Waals surface area contributed by atoms with Gasteiger partial charge in [-0.05, 0) is 29.8 Å². The van der Waals surface area contributed by atoms with E-state index in [-0.39, 0.29) is 12.1 Å². The lowest BCUT2D eigenvalue weighted by Crippen LogP contribution is -2.29. The monoisotopic (exact) mass is 390 g/mol. The Kier molecular flexibility index (Phi) is 6.36. The van der Waals surface area contributed by atoms with E-state index >= 15 is 0 Å². The molecular weight excluding hydrogens is 368 g/mol. The predicted octanol–water partition coefficient (Wildman–Crippen LogP) is 3.29. The van der Waals surface area contributed by atoms with Crippen LogP contribution in [0.3, 0.4) is 0 Å². The second-order valence-electron chi connectivity index (χ2n) is 6.47. The molecule has 2 N–H and O–H groups in total. The summed E-state index contributed by atoms with van der Waals surface area (Å²) in [5.41, 5.74) is 2.41. The van der Waals surface area contributed by atoms with Gasteiger partial charge in [-0.25, -0.2) is 9.78 Å². The Labute approximate surface area is 163 Å². The number of pyridine rings is 1. The fourth-order valence-electron chi connectivity index (χ4n) is 2.75. The van der Waals surface area contributed by atoms with Crippen molar-refractivity contribution in [2.24, 2.45) is 0 Å². The molecule has 2 amide bonds. The Bertz CT molecular complexity index is 794. The number of hydrogen-bond donors (Lipinski definition) is 2. The number of aromatic nitrogens is 1. The lowest BCUT2D eigenvalue weighted by atomic mass is 10.2. The summed E-state index contributed by atoms with van der Waals surface area (Å²) in [7, 11) is 3.81. The van der Waals surface area contributed by atoms with E-state index in [4.69, 9.17) is 21.1 Å². The Morgan fingerprint density at radius 3 is 2.96 bits per heavy atom. The summed E-state index contributed by atoms with van der Waals surface area (Å²) in [6, 6.07) is 8.71. The number of halogens is 1. The lowest BCUT2D eigenvalue weighted by Gasteiger charge is -2.18. The van der Waals surface area contributed by atoms with Gasteiger partial charge in [-0.1, -0.05) is 11.6 Å². The maximum Gasteiger partial charge on any atom is 0.319 e. The number of nitrogens with zero attached hydrogens (tertiary/aromatic N) is 2. The number of benzene rings is 1. The summed E-state index contributed by atoms with van der Waals surface area (Å²) in [6.45, 7) is 1.65. The topological polar surface area (TPSA) is 75.7 Å². The van der Waals surface area contributed by atoms with Crippen LogP contribution in [0.15, 0.2) is 36.5 Å². The second kappa shape index (κ2) is 8.92. The summed E-state index contributed by atoms with van der Waals surface area (Å²) in [5, 5.41) is 6.23.